The number of aromatic nitrogens is 1. The Hall–Kier alpha value is -1.74. The Bertz CT molecular complexity index is 434. The van der Waals surface area contributed by atoms with Crippen LogP contribution in [0.15, 0.2) is 48.7 Å². The van der Waals surface area contributed by atoms with Crippen molar-refractivity contribution in [2.75, 3.05) is 0 Å². The standard InChI is InChI=1S/C13H13NO2/c1-10(15)11-5-7-13(16,8-6-11)12-4-2-3-9-14-12/h2-9,11,16H,1H3. The third kappa shape index (κ3) is 1.95. The minimum absolute atomic E-state index is 0.0653. The highest BCUT2D eigenvalue weighted by Crippen LogP contribution is 2.27. The molecular weight excluding hydrogens is 202 g/mol. The van der Waals surface area contributed by atoms with Crippen molar-refractivity contribution in [2.24, 2.45) is 5.92 Å². The fourth-order valence-electron chi connectivity index (χ4n) is 1.66. The van der Waals surface area contributed by atoms with E-state index in [1.807, 2.05) is 6.07 Å². The zero-order chi connectivity index (χ0) is 11.6. The van der Waals surface area contributed by atoms with Gasteiger partial charge in [-0.25, -0.2) is 0 Å². The van der Waals surface area contributed by atoms with Crippen LogP contribution in [0, 0.1) is 5.92 Å². The lowest BCUT2D eigenvalue weighted by Crippen LogP contribution is -2.25. The monoisotopic (exact) mass is 215 g/mol. The molecule has 0 bridgehead atoms. The highest BCUT2D eigenvalue weighted by molar-refractivity contribution is 5.82. The molecule has 1 aliphatic rings. The largest absolute Gasteiger partial charge is 0.376 e. The van der Waals surface area contributed by atoms with E-state index in [2.05, 4.69) is 4.98 Å². The second-order valence-corrected chi connectivity index (χ2v) is 3.89. The van der Waals surface area contributed by atoms with E-state index in [9.17, 15) is 9.90 Å². The van der Waals surface area contributed by atoms with Gasteiger partial charge in [0.05, 0.1) is 11.6 Å². The van der Waals surface area contributed by atoms with Crippen LogP contribution in [0.25, 0.3) is 0 Å². The normalized spacial score (nSPS) is 28.0. The van der Waals surface area contributed by atoms with Crippen molar-refractivity contribution in [3.05, 3.63) is 54.4 Å². The van der Waals surface area contributed by atoms with Gasteiger partial charge < -0.3 is 5.11 Å². The first-order chi connectivity index (χ1) is 7.62. The molecule has 3 heteroatoms. The molecule has 1 aromatic heterocycles. The van der Waals surface area contributed by atoms with Crippen molar-refractivity contribution < 1.29 is 9.90 Å². The van der Waals surface area contributed by atoms with Crippen LogP contribution >= 0.6 is 0 Å². The molecule has 82 valence electrons. The molecule has 0 saturated carbocycles. The molecule has 0 spiro atoms. The van der Waals surface area contributed by atoms with E-state index < -0.39 is 5.60 Å². The maximum atomic E-state index is 11.1. The Morgan fingerprint density at radius 1 is 1.38 bits per heavy atom. The summed E-state index contributed by atoms with van der Waals surface area (Å²) in [5.74, 6) is -0.167. The predicted molar refractivity (Wildman–Crippen MR) is 60.6 cm³/mol. The highest BCUT2D eigenvalue weighted by Gasteiger charge is 2.28. The van der Waals surface area contributed by atoms with E-state index in [1.165, 1.54) is 6.92 Å². The second kappa shape index (κ2) is 4.02. The van der Waals surface area contributed by atoms with E-state index in [4.69, 9.17) is 0 Å². The van der Waals surface area contributed by atoms with Crippen molar-refractivity contribution in [1.29, 1.82) is 0 Å². The number of Topliss-reactive ketones (excluding diaryl/α,β-unsaturated/α-hetero) is 1. The molecule has 3 nitrogen and oxygen atoms in total. The molecule has 0 amide bonds. The third-order valence-corrected chi connectivity index (χ3v) is 2.66. The number of pyridine rings is 1. The topological polar surface area (TPSA) is 50.2 Å². The average Bonchev–Trinajstić information content (AvgIpc) is 2.31. The predicted octanol–water partition coefficient (Wildman–Crippen LogP) is 1.60. The number of rotatable bonds is 2. The summed E-state index contributed by atoms with van der Waals surface area (Å²) in [4.78, 5) is 15.3. The lowest BCUT2D eigenvalue weighted by atomic mass is 9.88. The van der Waals surface area contributed by atoms with E-state index in [0.29, 0.717) is 5.69 Å². The summed E-state index contributed by atoms with van der Waals surface area (Å²) in [6.45, 7) is 1.53. The molecule has 0 unspecified atom stereocenters. The van der Waals surface area contributed by atoms with E-state index in [0.717, 1.165) is 0 Å². The Balaban J connectivity index is 2.28. The number of nitrogens with zero attached hydrogens (tertiary/aromatic N) is 1. The van der Waals surface area contributed by atoms with Crippen molar-refractivity contribution in [2.45, 2.75) is 12.5 Å². The highest BCUT2D eigenvalue weighted by atomic mass is 16.3. The van der Waals surface area contributed by atoms with Gasteiger partial charge in [0.2, 0.25) is 0 Å². The summed E-state index contributed by atoms with van der Waals surface area (Å²) in [6.07, 6.45) is 8.27. The number of carbonyl (C=O) groups excluding carboxylic acids is 1. The van der Waals surface area contributed by atoms with Crippen LogP contribution in [0.5, 0.6) is 0 Å². The van der Waals surface area contributed by atoms with Crippen LogP contribution in [-0.4, -0.2) is 15.9 Å². The van der Waals surface area contributed by atoms with Crippen molar-refractivity contribution in [3.63, 3.8) is 0 Å². The second-order valence-electron chi connectivity index (χ2n) is 3.89. The molecule has 1 aromatic rings. The molecule has 1 heterocycles. The number of carbonyl (C=O) groups is 1. The van der Waals surface area contributed by atoms with Gasteiger partial charge in [0.15, 0.2) is 0 Å². The van der Waals surface area contributed by atoms with Crippen molar-refractivity contribution in [1.82, 2.24) is 4.98 Å². The van der Waals surface area contributed by atoms with Gasteiger partial charge in [0.1, 0.15) is 11.4 Å². The van der Waals surface area contributed by atoms with E-state index in [-0.39, 0.29) is 11.7 Å². The first-order valence-corrected chi connectivity index (χ1v) is 5.15. The van der Waals surface area contributed by atoms with Crippen LogP contribution in [0.2, 0.25) is 0 Å². The van der Waals surface area contributed by atoms with Gasteiger partial charge in [-0.2, -0.15) is 0 Å². The fourth-order valence-corrected chi connectivity index (χ4v) is 1.66. The van der Waals surface area contributed by atoms with Gasteiger partial charge in [0, 0.05) is 6.20 Å². The smallest absolute Gasteiger partial charge is 0.143 e. The third-order valence-electron chi connectivity index (χ3n) is 2.66. The number of hydrogen-bond acceptors (Lipinski definition) is 3. The van der Waals surface area contributed by atoms with Crippen molar-refractivity contribution in [3.8, 4) is 0 Å². The first kappa shape index (κ1) is 10.8. The molecule has 0 saturated heterocycles. The molecule has 0 aliphatic heterocycles. The SMILES string of the molecule is CC(=O)C1C=CC(O)(c2ccccn2)C=C1. The number of hydrogen-bond donors (Lipinski definition) is 1. The summed E-state index contributed by atoms with van der Waals surface area (Å²) in [6, 6.07) is 5.36. The maximum Gasteiger partial charge on any atom is 0.143 e. The molecule has 0 aromatic carbocycles. The number of ketones is 1. The summed E-state index contributed by atoms with van der Waals surface area (Å²) in [7, 11) is 0. The minimum Gasteiger partial charge on any atom is -0.376 e. The minimum atomic E-state index is -1.19. The first-order valence-electron chi connectivity index (χ1n) is 5.15. The van der Waals surface area contributed by atoms with Gasteiger partial charge in [0.25, 0.3) is 0 Å². The lowest BCUT2D eigenvalue weighted by molar-refractivity contribution is -0.118. The van der Waals surface area contributed by atoms with Gasteiger partial charge in [-0.15, -0.1) is 0 Å². The summed E-state index contributed by atoms with van der Waals surface area (Å²) in [5.41, 5.74) is -0.628. The Morgan fingerprint density at radius 3 is 2.56 bits per heavy atom. The van der Waals surface area contributed by atoms with Crippen LogP contribution in [0.1, 0.15) is 12.6 Å². The fraction of sp³-hybridized carbons (Fsp3) is 0.231. The zero-order valence-corrected chi connectivity index (χ0v) is 9.00. The number of aliphatic hydroxyl groups is 1. The molecule has 16 heavy (non-hydrogen) atoms. The van der Waals surface area contributed by atoms with Crippen LogP contribution in [0.4, 0.5) is 0 Å². The molecule has 2 rings (SSSR count). The summed E-state index contributed by atoms with van der Waals surface area (Å²) in [5, 5.41) is 10.3. The average molecular weight is 215 g/mol. The molecule has 0 fully saturated rings. The quantitative estimate of drug-likeness (QED) is 0.762. The van der Waals surface area contributed by atoms with Gasteiger partial charge >= 0.3 is 0 Å². The summed E-state index contributed by atoms with van der Waals surface area (Å²) < 4.78 is 0. The Labute approximate surface area is 94.1 Å². The van der Waals surface area contributed by atoms with Crippen LogP contribution < -0.4 is 0 Å². The molecule has 0 atom stereocenters. The number of allylic oxidation sites excluding steroid dienone is 2. The van der Waals surface area contributed by atoms with Gasteiger partial charge in [-0.05, 0) is 31.2 Å². The van der Waals surface area contributed by atoms with Crippen LogP contribution in [-0.2, 0) is 10.4 Å². The maximum absolute atomic E-state index is 11.1. The summed E-state index contributed by atoms with van der Waals surface area (Å²) >= 11 is 0. The van der Waals surface area contributed by atoms with E-state index in [1.54, 1.807) is 42.6 Å². The molecule has 1 aliphatic carbocycles. The van der Waals surface area contributed by atoms with Gasteiger partial charge in [-0.1, -0.05) is 18.2 Å². The van der Waals surface area contributed by atoms with Crippen LogP contribution in [0.3, 0.4) is 0 Å². The lowest BCUT2D eigenvalue weighted by Gasteiger charge is -2.24. The Kier molecular flexibility index (Phi) is 2.71. The Morgan fingerprint density at radius 2 is 2.06 bits per heavy atom. The van der Waals surface area contributed by atoms with E-state index >= 15 is 0 Å². The zero-order valence-electron chi connectivity index (χ0n) is 9.00. The molecule has 1 N–H and O–H groups in total. The van der Waals surface area contributed by atoms with Crippen molar-refractivity contribution >= 4 is 5.78 Å². The van der Waals surface area contributed by atoms with Gasteiger partial charge in [-0.3, -0.25) is 9.78 Å². The molecular formula is C13H13NO2. The molecule has 0 radical (unpaired) electrons.